The number of carbonyl (C=O) groups excluding carboxylic acids is 1. The van der Waals surface area contributed by atoms with Crippen LogP contribution in [0.5, 0.6) is 0 Å². The summed E-state index contributed by atoms with van der Waals surface area (Å²) in [5.41, 5.74) is 1.39. The van der Waals surface area contributed by atoms with Crippen molar-refractivity contribution in [3.8, 4) is 0 Å². The zero-order valence-corrected chi connectivity index (χ0v) is 16.3. The second-order valence-corrected chi connectivity index (χ2v) is 10.5. The molecule has 1 aliphatic rings. The Morgan fingerprint density at radius 2 is 1.84 bits per heavy atom. The molecule has 1 aliphatic heterocycles. The van der Waals surface area contributed by atoms with Crippen LogP contribution in [0.4, 0.5) is 5.69 Å². The molecule has 1 aromatic carbocycles. The van der Waals surface area contributed by atoms with Gasteiger partial charge in [-0.3, -0.25) is 9.10 Å². The maximum absolute atomic E-state index is 12.7. The highest BCUT2D eigenvalue weighted by molar-refractivity contribution is 7.92. The Bertz CT molecular complexity index is 832. The van der Waals surface area contributed by atoms with E-state index in [0.29, 0.717) is 18.7 Å². The number of sulfone groups is 1. The fourth-order valence-corrected chi connectivity index (χ4v) is 5.56. The number of anilines is 1. The topological polar surface area (TPSA) is 91.8 Å². The van der Waals surface area contributed by atoms with Gasteiger partial charge in [0, 0.05) is 12.6 Å². The van der Waals surface area contributed by atoms with E-state index in [1.54, 1.807) is 31.2 Å². The first-order valence-corrected chi connectivity index (χ1v) is 11.7. The Hall–Kier alpha value is -1.61. The lowest BCUT2D eigenvalue weighted by Crippen LogP contribution is -2.47. The van der Waals surface area contributed by atoms with Gasteiger partial charge in [0.1, 0.15) is 6.54 Å². The van der Waals surface area contributed by atoms with Gasteiger partial charge in [-0.05, 0) is 32.4 Å². The van der Waals surface area contributed by atoms with E-state index in [1.165, 1.54) is 4.90 Å². The standard InChI is InChI=1S/C16H24N2O5S2/c1-4-17(15-9-10-25(22,23)12-15)16(19)11-18(24(3,20)21)14-7-5-13(2)6-8-14/h5-8,15H,4,9-12H2,1-3H3. The highest BCUT2D eigenvalue weighted by Crippen LogP contribution is 2.21. The van der Waals surface area contributed by atoms with Crippen molar-refractivity contribution < 1.29 is 21.6 Å². The SMILES string of the molecule is CCN(C(=O)CN(c1ccc(C)cc1)S(C)(=O)=O)C1CCS(=O)(=O)C1. The van der Waals surface area contributed by atoms with E-state index >= 15 is 0 Å². The second-order valence-electron chi connectivity index (χ2n) is 6.34. The van der Waals surface area contributed by atoms with E-state index in [9.17, 15) is 21.6 Å². The molecule has 1 fully saturated rings. The Kier molecular flexibility index (Phi) is 5.78. The molecule has 0 radical (unpaired) electrons. The number of rotatable bonds is 6. The summed E-state index contributed by atoms with van der Waals surface area (Å²) < 4.78 is 48.7. The van der Waals surface area contributed by atoms with Gasteiger partial charge >= 0.3 is 0 Å². The van der Waals surface area contributed by atoms with Crippen molar-refractivity contribution in [2.45, 2.75) is 26.3 Å². The van der Waals surface area contributed by atoms with Crippen LogP contribution < -0.4 is 4.31 Å². The predicted octanol–water partition coefficient (Wildman–Crippen LogP) is 0.797. The molecule has 1 atom stereocenters. The zero-order chi connectivity index (χ0) is 18.8. The molecule has 1 aromatic rings. The number of sulfonamides is 1. The first-order valence-electron chi connectivity index (χ1n) is 8.08. The van der Waals surface area contributed by atoms with Gasteiger partial charge in [-0.2, -0.15) is 0 Å². The number of amides is 1. The lowest BCUT2D eigenvalue weighted by Gasteiger charge is -2.30. The van der Waals surface area contributed by atoms with Crippen molar-refractivity contribution in [2.75, 3.05) is 35.2 Å². The minimum atomic E-state index is -3.65. The maximum Gasteiger partial charge on any atom is 0.243 e. The molecule has 0 spiro atoms. The van der Waals surface area contributed by atoms with Crippen molar-refractivity contribution in [3.63, 3.8) is 0 Å². The molecule has 0 aromatic heterocycles. The quantitative estimate of drug-likeness (QED) is 0.719. The van der Waals surface area contributed by atoms with Gasteiger partial charge in [-0.1, -0.05) is 17.7 Å². The minimum absolute atomic E-state index is 0.0595. The minimum Gasteiger partial charge on any atom is -0.337 e. The molecule has 140 valence electrons. The van der Waals surface area contributed by atoms with E-state index in [1.807, 2.05) is 6.92 Å². The van der Waals surface area contributed by atoms with Crippen LogP contribution in [0, 0.1) is 6.92 Å². The molecular weight excluding hydrogens is 364 g/mol. The lowest BCUT2D eigenvalue weighted by molar-refractivity contribution is -0.131. The molecule has 0 bridgehead atoms. The van der Waals surface area contributed by atoms with Crippen molar-refractivity contribution in [1.82, 2.24) is 4.90 Å². The van der Waals surface area contributed by atoms with Gasteiger partial charge in [-0.15, -0.1) is 0 Å². The van der Waals surface area contributed by atoms with Crippen LogP contribution in [0.2, 0.25) is 0 Å². The van der Waals surface area contributed by atoms with Crippen LogP contribution >= 0.6 is 0 Å². The van der Waals surface area contributed by atoms with Crippen LogP contribution in [-0.2, 0) is 24.7 Å². The van der Waals surface area contributed by atoms with E-state index in [0.717, 1.165) is 16.1 Å². The summed E-state index contributed by atoms with van der Waals surface area (Å²) in [7, 11) is -6.77. The van der Waals surface area contributed by atoms with Gasteiger partial charge in [0.05, 0.1) is 23.4 Å². The van der Waals surface area contributed by atoms with E-state index in [-0.39, 0.29) is 24.1 Å². The predicted molar refractivity (Wildman–Crippen MR) is 97.8 cm³/mol. The molecular formula is C16H24N2O5S2. The molecule has 1 amide bonds. The number of hydrogen-bond donors (Lipinski definition) is 0. The summed E-state index contributed by atoms with van der Waals surface area (Å²) in [5.74, 6) is -0.388. The number of aryl methyl sites for hydroxylation is 1. The van der Waals surface area contributed by atoms with Gasteiger partial charge < -0.3 is 4.90 Å². The third kappa shape index (κ3) is 4.94. The molecule has 0 N–H and O–H groups in total. The molecule has 7 nitrogen and oxygen atoms in total. The number of nitrogens with zero attached hydrogens (tertiary/aromatic N) is 2. The Morgan fingerprint density at radius 3 is 2.28 bits per heavy atom. The summed E-state index contributed by atoms with van der Waals surface area (Å²) >= 11 is 0. The number of carbonyl (C=O) groups is 1. The molecule has 9 heteroatoms. The van der Waals surface area contributed by atoms with Crippen LogP contribution in [0.1, 0.15) is 18.9 Å². The van der Waals surface area contributed by atoms with E-state index < -0.39 is 25.8 Å². The van der Waals surface area contributed by atoms with Crippen molar-refractivity contribution in [1.29, 1.82) is 0 Å². The molecule has 25 heavy (non-hydrogen) atoms. The molecule has 0 saturated carbocycles. The van der Waals surface area contributed by atoms with Crippen LogP contribution in [0.15, 0.2) is 24.3 Å². The fraction of sp³-hybridized carbons (Fsp3) is 0.562. The molecule has 0 aliphatic carbocycles. The Morgan fingerprint density at radius 1 is 1.24 bits per heavy atom. The van der Waals surface area contributed by atoms with Crippen LogP contribution in [-0.4, -0.2) is 64.5 Å². The first-order chi connectivity index (χ1) is 11.5. The summed E-state index contributed by atoms with van der Waals surface area (Å²) in [6.45, 7) is 3.65. The number of benzene rings is 1. The Balaban J connectivity index is 2.22. The van der Waals surface area contributed by atoms with E-state index in [2.05, 4.69) is 0 Å². The van der Waals surface area contributed by atoms with Crippen LogP contribution in [0.25, 0.3) is 0 Å². The van der Waals surface area contributed by atoms with Crippen molar-refractivity contribution in [3.05, 3.63) is 29.8 Å². The Labute approximate surface area is 149 Å². The third-order valence-electron chi connectivity index (χ3n) is 4.31. The summed E-state index contributed by atoms with van der Waals surface area (Å²) in [5, 5.41) is 0. The number of hydrogen-bond acceptors (Lipinski definition) is 5. The van der Waals surface area contributed by atoms with Crippen molar-refractivity contribution in [2.24, 2.45) is 0 Å². The summed E-state index contributed by atoms with van der Waals surface area (Å²) in [6, 6.07) is 6.47. The smallest absolute Gasteiger partial charge is 0.243 e. The number of likely N-dealkylation sites (N-methyl/N-ethyl adjacent to an activating group) is 1. The van der Waals surface area contributed by atoms with Gasteiger partial charge in [-0.25, -0.2) is 16.8 Å². The summed E-state index contributed by atoms with van der Waals surface area (Å²) in [6.07, 6.45) is 1.45. The monoisotopic (exact) mass is 388 g/mol. The highest BCUT2D eigenvalue weighted by atomic mass is 32.2. The fourth-order valence-electron chi connectivity index (χ4n) is 2.98. The third-order valence-corrected chi connectivity index (χ3v) is 7.20. The summed E-state index contributed by atoms with van der Waals surface area (Å²) in [4.78, 5) is 14.2. The van der Waals surface area contributed by atoms with Gasteiger partial charge in [0.2, 0.25) is 15.9 Å². The first kappa shape index (κ1) is 19.7. The average molecular weight is 389 g/mol. The van der Waals surface area contributed by atoms with Crippen LogP contribution in [0.3, 0.4) is 0 Å². The normalized spacial score (nSPS) is 19.6. The molecule has 2 rings (SSSR count). The van der Waals surface area contributed by atoms with Crippen molar-refractivity contribution >= 4 is 31.5 Å². The molecule has 1 unspecified atom stereocenters. The highest BCUT2D eigenvalue weighted by Gasteiger charge is 2.35. The molecule has 1 heterocycles. The van der Waals surface area contributed by atoms with Gasteiger partial charge in [0.15, 0.2) is 9.84 Å². The largest absolute Gasteiger partial charge is 0.337 e. The molecule has 1 saturated heterocycles. The average Bonchev–Trinajstić information content (AvgIpc) is 2.85. The second kappa shape index (κ2) is 7.33. The zero-order valence-electron chi connectivity index (χ0n) is 14.7. The maximum atomic E-state index is 12.7. The van der Waals surface area contributed by atoms with E-state index in [4.69, 9.17) is 0 Å². The lowest BCUT2D eigenvalue weighted by atomic mass is 10.2. The van der Waals surface area contributed by atoms with Gasteiger partial charge in [0.25, 0.3) is 0 Å².